The van der Waals surface area contributed by atoms with E-state index in [1.54, 1.807) is 0 Å². The Bertz CT molecular complexity index is 71.2. The summed E-state index contributed by atoms with van der Waals surface area (Å²) in [5.74, 6) is 0. The van der Waals surface area contributed by atoms with Gasteiger partial charge in [0.05, 0.1) is 0 Å². The van der Waals surface area contributed by atoms with Gasteiger partial charge < -0.3 is 0 Å². The molecule has 0 aromatic heterocycles. The van der Waals surface area contributed by atoms with E-state index in [9.17, 15) is 14.4 Å². The van der Waals surface area contributed by atoms with Gasteiger partial charge in [0.2, 0.25) is 0 Å². The minimum atomic E-state index is -1.92. The first-order chi connectivity index (χ1) is 3.35. The van der Waals surface area contributed by atoms with E-state index in [2.05, 4.69) is 0 Å². The molecule has 0 radical (unpaired) electrons. The SMILES string of the molecule is O=[CH][Mn]([CH]=O)[CH]=O. The van der Waals surface area contributed by atoms with E-state index in [1.807, 2.05) is 0 Å². The van der Waals surface area contributed by atoms with Crippen LogP contribution in [-0.2, 0) is 28.3 Å². The van der Waals surface area contributed by atoms with Gasteiger partial charge in [-0.1, -0.05) is 0 Å². The van der Waals surface area contributed by atoms with E-state index in [0.717, 1.165) is 0 Å². The van der Waals surface area contributed by atoms with Crippen LogP contribution in [0.3, 0.4) is 0 Å². The Morgan fingerprint density at radius 3 is 1.14 bits per heavy atom. The van der Waals surface area contributed by atoms with Gasteiger partial charge in [-0.25, -0.2) is 0 Å². The summed E-state index contributed by atoms with van der Waals surface area (Å²) in [6.45, 7) is 0. The number of carbonyl (C=O) groups is 3. The molecule has 0 aliphatic heterocycles. The summed E-state index contributed by atoms with van der Waals surface area (Å²) in [5, 5.41) is 1.19. The van der Waals surface area contributed by atoms with Gasteiger partial charge in [-0.2, -0.15) is 0 Å². The first-order valence-corrected chi connectivity index (χ1v) is 3.41. The Hall–Kier alpha value is -0.471. The van der Waals surface area contributed by atoms with E-state index in [0.29, 0.717) is 15.6 Å². The summed E-state index contributed by atoms with van der Waals surface area (Å²) in [6.07, 6.45) is 0. The quantitative estimate of drug-likeness (QED) is 0.382. The van der Waals surface area contributed by atoms with Crippen LogP contribution in [0.2, 0.25) is 0 Å². The molecule has 0 unspecified atom stereocenters. The Balaban J connectivity index is 3.57. The Morgan fingerprint density at radius 2 is 1.14 bits per heavy atom. The van der Waals surface area contributed by atoms with Crippen LogP contribution in [0.1, 0.15) is 0 Å². The molecule has 0 aliphatic carbocycles. The van der Waals surface area contributed by atoms with Crippen molar-refractivity contribution in [3.8, 4) is 0 Å². The summed E-state index contributed by atoms with van der Waals surface area (Å²) in [7, 11) is 0. The molecule has 0 N–H and O–H groups in total. The van der Waals surface area contributed by atoms with Gasteiger partial charge in [-0.3, -0.25) is 0 Å². The van der Waals surface area contributed by atoms with Crippen molar-refractivity contribution in [2.24, 2.45) is 0 Å². The molecular weight excluding hydrogens is 139 g/mol. The maximum absolute atomic E-state index is 9.55. The second kappa shape index (κ2) is 3.71. The van der Waals surface area contributed by atoms with Crippen LogP contribution in [0.4, 0.5) is 0 Å². The van der Waals surface area contributed by atoms with E-state index in [-0.39, 0.29) is 0 Å². The van der Waals surface area contributed by atoms with Crippen LogP contribution in [0, 0.1) is 0 Å². The van der Waals surface area contributed by atoms with Crippen molar-refractivity contribution in [3.63, 3.8) is 0 Å². The van der Waals surface area contributed by atoms with Crippen LogP contribution in [0.15, 0.2) is 0 Å². The van der Waals surface area contributed by atoms with Crippen LogP contribution in [0.25, 0.3) is 0 Å². The molecule has 0 saturated heterocycles. The normalized spacial score (nSPS) is 9.43. The van der Waals surface area contributed by atoms with Crippen LogP contribution in [0.5, 0.6) is 0 Å². The summed E-state index contributed by atoms with van der Waals surface area (Å²) in [5.41, 5.74) is 0. The van der Waals surface area contributed by atoms with Gasteiger partial charge in [0.1, 0.15) is 0 Å². The molecule has 0 aliphatic rings. The zero-order chi connectivity index (χ0) is 5.70. The zero-order valence-electron chi connectivity index (χ0n) is 3.33. The molecule has 0 fully saturated rings. The van der Waals surface area contributed by atoms with E-state index in [1.165, 1.54) is 0 Å². The molecule has 40 valence electrons. The molecule has 0 saturated carbocycles. The third-order valence-electron chi connectivity index (χ3n) is 0.309. The fourth-order valence-electron chi connectivity index (χ4n) is 0.0630. The van der Waals surface area contributed by atoms with Crippen molar-refractivity contribution in [2.45, 2.75) is 0 Å². The topological polar surface area (TPSA) is 51.2 Å². The number of rotatable bonds is 3. The van der Waals surface area contributed by atoms with Crippen molar-refractivity contribution >= 4 is 15.6 Å². The predicted octanol–water partition coefficient (Wildman–Crippen LogP) is -0.825. The Kier molecular flexibility index (Phi) is 3.46. The molecule has 0 aromatic carbocycles. The first kappa shape index (κ1) is 6.53. The van der Waals surface area contributed by atoms with Gasteiger partial charge in [-0.15, -0.1) is 0 Å². The average molecular weight is 142 g/mol. The molecule has 0 rings (SSSR count). The fourth-order valence-corrected chi connectivity index (χ4v) is 0.260. The Labute approximate surface area is 44.6 Å². The Morgan fingerprint density at radius 1 is 0.857 bits per heavy atom. The molecule has 0 aromatic rings. The fraction of sp³-hybridized carbons (Fsp3) is 0. The molecule has 3 nitrogen and oxygen atoms in total. The summed E-state index contributed by atoms with van der Waals surface area (Å²) in [4.78, 5) is 28.7. The van der Waals surface area contributed by atoms with Gasteiger partial charge in [0.25, 0.3) is 0 Å². The van der Waals surface area contributed by atoms with E-state index >= 15 is 0 Å². The number of hydrogen-bond donors (Lipinski definition) is 0. The van der Waals surface area contributed by atoms with Gasteiger partial charge in [-0.05, 0) is 0 Å². The molecule has 7 heavy (non-hydrogen) atoms. The van der Waals surface area contributed by atoms with Crippen molar-refractivity contribution in [2.75, 3.05) is 0 Å². The summed E-state index contributed by atoms with van der Waals surface area (Å²) < 4.78 is 0. The molecule has 4 heteroatoms. The van der Waals surface area contributed by atoms with Crippen molar-refractivity contribution in [3.05, 3.63) is 0 Å². The maximum atomic E-state index is 9.55. The molecule has 0 spiro atoms. The zero-order valence-corrected chi connectivity index (χ0v) is 4.52. The van der Waals surface area contributed by atoms with Gasteiger partial charge in [0.15, 0.2) is 0 Å². The third kappa shape index (κ3) is 2.25. The molecule has 0 amide bonds. The van der Waals surface area contributed by atoms with Crippen molar-refractivity contribution in [1.82, 2.24) is 0 Å². The summed E-state index contributed by atoms with van der Waals surface area (Å²) >= 11 is -1.92. The number of carbonyl (C=O) groups excluding carboxylic acids is 3. The average Bonchev–Trinajstić information content (AvgIpc) is 1.72. The van der Waals surface area contributed by atoms with Crippen molar-refractivity contribution < 1.29 is 28.3 Å². The van der Waals surface area contributed by atoms with Crippen LogP contribution in [-0.4, -0.2) is 15.6 Å². The third-order valence-corrected chi connectivity index (χ3v) is 1.27. The molecule has 0 heterocycles. The van der Waals surface area contributed by atoms with Crippen molar-refractivity contribution in [1.29, 1.82) is 0 Å². The van der Waals surface area contributed by atoms with Crippen LogP contribution < -0.4 is 0 Å². The van der Waals surface area contributed by atoms with Gasteiger partial charge in [0, 0.05) is 0 Å². The van der Waals surface area contributed by atoms with E-state index < -0.39 is 13.9 Å². The molecule has 0 atom stereocenters. The standard InChI is InChI=1S/3CHO.Mn/c3*1-2;/h3*1H;. The first-order valence-electron chi connectivity index (χ1n) is 1.36. The molecular formula is C3H3MnO3. The van der Waals surface area contributed by atoms with Gasteiger partial charge >= 0.3 is 43.8 Å². The predicted molar refractivity (Wildman–Crippen MR) is 20.3 cm³/mol. The minimum absolute atomic E-state index is 0.396. The van der Waals surface area contributed by atoms with Crippen LogP contribution >= 0.6 is 0 Å². The second-order valence-corrected chi connectivity index (χ2v) is 2.66. The summed E-state index contributed by atoms with van der Waals surface area (Å²) in [6, 6.07) is 0. The molecule has 0 bridgehead atoms. The number of hydrogen-bond acceptors (Lipinski definition) is 3. The second-order valence-electron chi connectivity index (χ2n) is 0.645. The monoisotopic (exact) mass is 142 g/mol. The van der Waals surface area contributed by atoms with E-state index in [4.69, 9.17) is 0 Å².